The van der Waals surface area contributed by atoms with Crippen molar-refractivity contribution in [3.63, 3.8) is 0 Å². The van der Waals surface area contributed by atoms with Crippen molar-refractivity contribution in [3.05, 3.63) is 75.8 Å². The lowest BCUT2D eigenvalue weighted by molar-refractivity contribution is -0.384. The maximum absolute atomic E-state index is 12.0. The van der Waals surface area contributed by atoms with Gasteiger partial charge in [0.15, 0.2) is 0 Å². The molecule has 1 atom stereocenters. The van der Waals surface area contributed by atoms with E-state index in [1.807, 2.05) is 30.3 Å². The fourth-order valence-corrected chi connectivity index (χ4v) is 2.19. The Morgan fingerprint density at radius 3 is 2.39 bits per heavy atom. The molecular formula is C17H18N2O4. The summed E-state index contributed by atoms with van der Waals surface area (Å²) in [4.78, 5) is 22.1. The highest BCUT2D eigenvalue weighted by Crippen LogP contribution is 2.15. The van der Waals surface area contributed by atoms with Gasteiger partial charge in [-0.2, -0.15) is 0 Å². The van der Waals surface area contributed by atoms with Gasteiger partial charge in [-0.15, -0.1) is 0 Å². The first-order chi connectivity index (χ1) is 11.1. The van der Waals surface area contributed by atoms with E-state index in [4.69, 9.17) is 4.74 Å². The zero-order valence-corrected chi connectivity index (χ0v) is 12.8. The Labute approximate surface area is 134 Å². The maximum atomic E-state index is 12.0. The van der Waals surface area contributed by atoms with Crippen LogP contribution in [-0.4, -0.2) is 24.5 Å². The first-order valence-electron chi connectivity index (χ1n) is 7.18. The molecule has 0 fully saturated rings. The Bertz CT molecular complexity index is 656. The normalized spacial score (nSPS) is 11.7. The SMILES string of the molecule is CO[C@@H](CNC(=O)Cc1ccc([N+](=O)[O-])cc1)c1ccccc1. The molecule has 0 aliphatic heterocycles. The minimum Gasteiger partial charge on any atom is -0.375 e. The molecule has 0 spiro atoms. The van der Waals surface area contributed by atoms with Crippen LogP contribution in [0.2, 0.25) is 0 Å². The number of amides is 1. The van der Waals surface area contributed by atoms with E-state index in [-0.39, 0.29) is 24.1 Å². The third kappa shape index (κ3) is 4.89. The molecule has 0 aliphatic rings. The van der Waals surface area contributed by atoms with Gasteiger partial charge in [0.25, 0.3) is 5.69 Å². The Balaban J connectivity index is 1.88. The highest BCUT2D eigenvalue weighted by atomic mass is 16.6. The number of non-ortho nitro benzene ring substituents is 1. The molecule has 1 N–H and O–H groups in total. The number of carbonyl (C=O) groups is 1. The van der Waals surface area contributed by atoms with Crippen LogP contribution in [-0.2, 0) is 16.0 Å². The van der Waals surface area contributed by atoms with Gasteiger partial charge >= 0.3 is 0 Å². The van der Waals surface area contributed by atoms with E-state index in [1.54, 1.807) is 19.2 Å². The summed E-state index contributed by atoms with van der Waals surface area (Å²) in [5.41, 5.74) is 1.73. The third-order valence-electron chi connectivity index (χ3n) is 3.45. The predicted molar refractivity (Wildman–Crippen MR) is 86.0 cm³/mol. The number of carbonyl (C=O) groups excluding carboxylic acids is 1. The maximum Gasteiger partial charge on any atom is 0.269 e. The van der Waals surface area contributed by atoms with Gasteiger partial charge in [-0.25, -0.2) is 0 Å². The first kappa shape index (κ1) is 16.6. The molecule has 120 valence electrons. The number of nitro groups is 1. The average Bonchev–Trinajstić information content (AvgIpc) is 2.57. The van der Waals surface area contributed by atoms with Gasteiger partial charge in [0, 0.05) is 25.8 Å². The first-order valence-corrected chi connectivity index (χ1v) is 7.18. The largest absolute Gasteiger partial charge is 0.375 e. The van der Waals surface area contributed by atoms with E-state index in [0.717, 1.165) is 11.1 Å². The standard InChI is InChI=1S/C17H18N2O4/c1-23-16(14-5-3-2-4-6-14)12-18-17(20)11-13-7-9-15(10-8-13)19(21)22/h2-10,16H,11-12H2,1H3,(H,18,20)/t16-/m0/s1. The van der Waals surface area contributed by atoms with Crippen molar-refractivity contribution in [2.75, 3.05) is 13.7 Å². The van der Waals surface area contributed by atoms with E-state index in [1.165, 1.54) is 12.1 Å². The Hall–Kier alpha value is -2.73. The third-order valence-corrected chi connectivity index (χ3v) is 3.45. The van der Waals surface area contributed by atoms with Crippen LogP contribution in [0.5, 0.6) is 0 Å². The molecule has 6 heteroatoms. The van der Waals surface area contributed by atoms with E-state index in [9.17, 15) is 14.9 Å². The molecule has 0 saturated carbocycles. The van der Waals surface area contributed by atoms with Crippen molar-refractivity contribution in [1.29, 1.82) is 0 Å². The van der Waals surface area contributed by atoms with Gasteiger partial charge in [-0.1, -0.05) is 42.5 Å². The van der Waals surface area contributed by atoms with Crippen molar-refractivity contribution in [3.8, 4) is 0 Å². The molecule has 6 nitrogen and oxygen atoms in total. The zero-order chi connectivity index (χ0) is 16.7. The topological polar surface area (TPSA) is 81.5 Å². The highest BCUT2D eigenvalue weighted by Gasteiger charge is 2.12. The van der Waals surface area contributed by atoms with Crippen molar-refractivity contribution >= 4 is 11.6 Å². The number of nitrogens with one attached hydrogen (secondary N) is 1. The van der Waals surface area contributed by atoms with Crippen molar-refractivity contribution < 1.29 is 14.5 Å². The fourth-order valence-electron chi connectivity index (χ4n) is 2.19. The molecule has 0 heterocycles. The lowest BCUT2D eigenvalue weighted by Crippen LogP contribution is -2.30. The molecule has 2 rings (SSSR count). The number of hydrogen-bond acceptors (Lipinski definition) is 4. The Morgan fingerprint density at radius 1 is 1.17 bits per heavy atom. The number of ether oxygens (including phenoxy) is 1. The number of nitro benzene ring substituents is 1. The van der Waals surface area contributed by atoms with Crippen LogP contribution in [0, 0.1) is 10.1 Å². The van der Waals surface area contributed by atoms with E-state index < -0.39 is 4.92 Å². The lowest BCUT2D eigenvalue weighted by Gasteiger charge is -2.16. The second-order valence-electron chi connectivity index (χ2n) is 5.04. The van der Waals surface area contributed by atoms with E-state index in [2.05, 4.69) is 5.32 Å². The minimum atomic E-state index is -0.465. The monoisotopic (exact) mass is 314 g/mol. The second kappa shape index (κ2) is 8.05. The van der Waals surface area contributed by atoms with Crippen LogP contribution in [0.15, 0.2) is 54.6 Å². The number of benzene rings is 2. The van der Waals surface area contributed by atoms with Crippen LogP contribution >= 0.6 is 0 Å². The van der Waals surface area contributed by atoms with Crippen LogP contribution in [0.4, 0.5) is 5.69 Å². The van der Waals surface area contributed by atoms with E-state index in [0.29, 0.717) is 6.54 Å². The molecular weight excluding hydrogens is 296 g/mol. The van der Waals surface area contributed by atoms with E-state index >= 15 is 0 Å². The molecule has 0 unspecified atom stereocenters. The molecule has 0 aromatic heterocycles. The summed E-state index contributed by atoms with van der Waals surface area (Å²) in [5, 5.41) is 13.4. The molecule has 0 bridgehead atoms. The number of nitrogens with zero attached hydrogens (tertiary/aromatic N) is 1. The second-order valence-corrected chi connectivity index (χ2v) is 5.04. The molecule has 0 aliphatic carbocycles. The minimum absolute atomic E-state index is 0.0117. The summed E-state index contributed by atoms with van der Waals surface area (Å²) in [7, 11) is 1.60. The Morgan fingerprint density at radius 2 is 1.83 bits per heavy atom. The average molecular weight is 314 g/mol. The van der Waals surface area contributed by atoms with Gasteiger partial charge in [0.1, 0.15) is 0 Å². The van der Waals surface area contributed by atoms with Crippen molar-refractivity contribution in [1.82, 2.24) is 5.32 Å². The summed E-state index contributed by atoms with van der Waals surface area (Å²) in [6.45, 7) is 0.367. The van der Waals surface area contributed by atoms with Crippen molar-refractivity contribution in [2.24, 2.45) is 0 Å². The summed E-state index contributed by atoms with van der Waals surface area (Å²) in [6.07, 6.45) is -0.0412. The number of hydrogen-bond donors (Lipinski definition) is 1. The molecule has 2 aromatic carbocycles. The van der Waals surface area contributed by atoms with Crippen LogP contribution < -0.4 is 5.32 Å². The summed E-state index contributed by atoms with van der Waals surface area (Å²) >= 11 is 0. The highest BCUT2D eigenvalue weighted by molar-refractivity contribution is 5.78. The quantitative estimate of drug-likeness (QED) is 0.629. The summed E-state index contributed by atoms with van der Waals surface area (Å²) < 4.78 is 5.39. The van der Waals surface area contributed by atoms with Gasteiger partial charge < -0.3 is 10.1 Å². The Kier molecular flexibility index (Phi) is 5.82. The van der Waals surface area contributed by atoms with Gasteiger partial charge in [0.05, 0.1) is 17.4 Å². The molecule has 0 radical (unpaired) electrons. The zero-order valence-electron chi connectivity index (χ0n) is 12.8. The fraction of sp³-hybridized carbons (Fsp3) is 0.235. The lowest BCUT2D eigenvalue weighted by atomic mass is 10.1. The van der Waals surface area contributed by atoms with Gasteiger partial charge in [-0.3, -0.25) is 14.9 Å². The molecule has 1 amide bonds. The molecule has 23 heavy (non-hydrogen) atoms. The summed E-state index contributed by atoms with van der Waals surface area (Å²) in [5.74, 6) is -0.156. The van der Waals surface area contributed by atoms with Gasteiger partial charge in [-0.05, 0) is 11.1 Å². The van der Waals surface area contributed by atoms with Crippen LogP contribution in [0.25, 0.3) is 0 Å². The van der Waals surface area contributed by atoms with Crippen LogP contribution in [0.1, 0.15) is 17.2 Å². The number of rotatable bonds is 7. The van der Waals surface area contributed by atoms with Gasteiger partial charge in [0.2, 0.25) is 5.91 Å². The smallest absolute Gasteiger partial charge is 0.269 e. The van der Waals surface area contributed by atoms with Crippen LogP contribution in [0.3, 0.4) is 0 Å². The predicted octanol–water partition coefficient (Wildman–Crippen LogP) is 2.64. The van der Waals surface area contributed by atoms with Crippen molar-refractivity contribution in [2.45, 2.75) is 12.5 Å². The summed E-state index contributed by atoms with van der Waals surface area (Å²) in [6, 6.07) is 15.6. The molecule has 0 saturated heterocycles. The number of methoxy groups -OCH3 is 1. The molecule has 2 aromatic rings.